The maximum Gasteiger partial charge on any atom is 0.315 e. The van der Waals surface area contributed by atoms with Gasteiger partial charge in [0.05, 0.1) is 13.1 Å². The van der Waals surface area contributed by atoms with E-state index in [1.807, 2.05) is 35.9 Å². The number of amides is 2. The molecule has 0 aliphatic carbocycles. The molecule has 24 heavy (non-hydrogen) atoms. The molecule has 1 aromatic heterocycles. The molecule has 0 aliphatic heterocycles. The molecule has 0 unspecified atom stereocenters. The number of nitrogens with one attached hydrogen (secondary N) is 2. The molecule has 0 saturated carbocycles. The number of urea groups is 1. The molecular formula is C18H24FN3O2. The fourth-order valence-electron chi connectivity index (χ4n) is 2.33. The Balaban J connectivity index is 1.79. The fourth-order valence-corrected chi connectivity index (χ4v) is 2.33. The minimum absolute atomic E-state index is 0.217. The molecule has 0 atom stereocenters. The minimum Gasteiger partial charge on any atom is -0.382 e. The first kappa shape index (κ1) is 18.0. The lowest BCUT2D eigenvalue weighted by atomic mass is 10.2. The molecule has 2 amide bonds. The molecule has 0 radical (unpaired) electrons. The van der Waals surface area contributed by atoms with Gasteiger partial charge in [-0.05, 0) is 31.5 Å². The zero-order valence-corrected chi connectivity index (χ0v) is 13.9. The van der Waals surface area contributed by atoms with Crippen molar-refractivity contribution < 1.29 is 13.9 Å². The summed E-state index contributed by atoms with van der Waals surface area (Å²) in [5, 5.41) is 5.59. The second-order valence-corrected chi connectivity index (χ2v) is 5.38. The summed E-state index contributed by atoms with van der Waals surface area (Å²) in [5.74, 6) is -0.225. The van der Waals surface area contributed by atoms with Crippen LogP contribution in [0.1, 0.15) is 24.6 Å². The molecule has 0 saturated heterocycles. The molecule has 0 spiro atoms. The normalized spacial score (nSPS) is 10.6. The van der Waals surface area contributed by atoms with Gasteiger partial charge in [-0.15, -0.1) is 0 Å². The molecular weight excluding hydrogens is 309 g/mol. The Kier molecular flexibility index (Phi) is 7.29. The van der Waals surface area contributed by atoms with E-state index in [1.54, 1.807) is 12.1 Å². The molecule has 2 rings (SSSR count). The van der Waals surface area contributed by atoms with Crippen molar-refractivity contribution in [3.05, 3.63) is 59.7 Å². The highest BCUT2D eigenvalue weighted by molar-refractivity contribution is 5.73. The van der Waals surface area contributed by atoms with Gasteiger partial charge in [0.25, 0.3) is 0 Å². The van der Waals surface area contributed by atoms with E-state index < -0.39 is 0 Å². The van der Waals surface area contributed by atoms with Crippen LogP contribution in [0.15, 0.2) is 42.6 Å². The van der Waals surface area contributed by atoms with E-state index in [0.29, 0.717) is 38.4 Å². The van der Waals surface area contributed by atoms with Gasteiger partial charge in [0.15, 0.2) is 0 Å². The molecule has 0 aliphatic rings. The molecule has 5 nitrogen and oxygen atoms in total. The Hall–Kier alpha value is -2.34. The van der Waals surface area contributed by atoms with Crippen molar-refractivity contribution in [1.29, 1.82) is 0 Å². The van der Waals surface area contributed by atoms with Crippen molar-refractivity contribution in [3.8, 4) is 0 Å². The molecule has 0 fully saturated rings. The summed E-state index contributed by atoms with van der Waals surface area (Å²) in [4.78, 5) is 11.8. The summed E-state index contributed by atoms with van der Waals surface area (Å²) in [5.41, 5.74) is 1.54. The number of hydrogen-bond acceptors (Lipinski definition) is 2. The Morgan fingerprint density at radius 2 is 2.04 bits per heavy atom. The average Bonchev–Trinajstić information content (AvgIpc) is 3.02. The zero-order valence-electron chi connectivity index (χ0n) is 13.9. The Morgan fingerprint density at radius 1 is 1.21 bits per heavy atom. The highest BCUT2D eigenvalue weighted by Gasteiger charge is 2.07. The van der Waals surface area contributed by atoms with E-state index in [-0.39, 0.29) is 11.8 Å². The third kappa shape index (κ3) is 5.70. The van der Waals surface area contributed by atoms with Crippen molar-refractivity contribution in [2.24, 2.45) is 0 Å². The molecule has 2 N–H and O–H groups in total. The van der Waals surface area contributed by atoms with Gasteiger partial charge in [0.2, 0.25) is 0 Å². The van der Waals surface area contributed by atoms with Crippen LogP contribution in [0.3, 0.4) is 0 Å². The maximum atomic E-state index is 13.8. The van der Waals surface area contributed by atoms with Crippen molar-refractivity contribution >= 4 is 6.03 Å². The number of halogens is 1. The molecule has 1 heterocycles. The number of rotatable bonds is 9. The summed E-state index contributed by atoms with van der Waals surface area (Å²) >= 11 is 0. The molecule has 6 heteroatoms. The van der Waals surface area contributed by atoms with Crippen LogP contribution in [0, 0.1) is 5.82 Å². The van der Waals surface area contributed by atoms with Crippen LogP contribution in [0.2, 0.25) is 0 Å². The standard InChI is InChI=1S/C18H24FN3O2/c1-2-24-12-6-10-20-18(23)21-13-16-8-5-11-22(16)14-15-7-3-4-9-17(15)19/h3-5,7-9,11H,2,6,10,12-14H2,1H3,(H2,20,21,23). The predicted octanol–water partition coefficient (Wildman–Crippen LogP) is 2.90. The fraction of sp³-hybridized carbons (Fsp3) is 0.389. The lowest BCUT2D eigenvalue weighted by molar-refractivity contribution is 0.145. The molecule has 130 valence electrons. The molecule has 0 bridgehead atoms. The number of nitrogens with zero attached hydrogens (tertiary/aromatic N) is 1. The van der Waals surface area contributed by atoms with Gasteiger partial charge in [-0.3, -0.25) is 0 Å². The van der Waals surface area contributed by atoms with Crippen LogP contribution in [-0.2, 0) is 17.8 Å². The largest absolute Gasteiger partial charge is 0.382 e. The number of carbonyl (C=O) groups excluding carboxylic acids is 1. The van der Waals surface area contributed by atoms with E-state index in [4.69, 9.17) is 4.74 Å². The quantitative estimate of drug-likeness (QED) is 0.693. The van der Waals surface area contributed by atoms with Crippen LogP contribution in [0.5, 0.6) is 0 Å². The first-order valence-electron chi connectivity index (χ1n) is 8.17. The third-order valence-electron chi connectivity index (χ3n) is 3.61. The SMILES string of the molecule is CCOCCCNC(=O)NCc1cccn1Cc1ccccc1F. The number of aromatic nitrogens is 1. The van der Waals surface area contributed by atoms with Gasteiger partial charge in [-0.25, -0.2) is 9.18 Å². The monoisotopic (exact) mass is 333 g/mol. The van der Waals surface area contributed by atoms with E-state index in [0.717, 1.165) is 12.1 Å². The lowest BCUT2D eigenvalue weighted by Crippen LogP contribution is -2.36. The minimum atomic E-state index is -0.225. The number of benzene rings is 1. The van der Waals surface area contributed by atoms with Gasteiger partial charge in [-0.1, -0.05) is 18.2 Å². The summed E-state index contributed by atoms with van der Waals surface area (Å²) in [6, 6.07) is 10.3. The van der Waals surface area contributed by atoms with E-state index in [1.165, 1.54) is 6.07 Å². The Labute approximate surface area is 141 Å². The zero-order chi connectivity index (χ0) is 17.2. The van der Waals surface area contributed by atoms with E-state index >= 15 is 0 Å². The smallest absolute Gasteiger partial charge is 0.315 e. The Morgan fingerprint density at radius 3 is 2.83 bits per heavy atom. The topological polar surface area (TPSA) is 55.3 Å². The number of carbonyl (C=O) groups is 1. The van der Waals surface area contributed by atoms with Crippen molar-refractivity contribution in [2.45, 2.75) is 26.4 Å². The number of hydrogen-bond donors (Lipinski definition) is 2. The Bertz CT molecular complexity index is 643. The summed E-state index contributed by atoms with van der Waals surface area (Å²) < 4.78 is 20.9. The summed E-state index contributed by atoms with van der Waals surface area (Å²) in [6.07, 6.45) is 2.66. The van der Waals surface area contributed by atoms with Crippen LogP contribution in [0.4, 0.5) is 9.18 Å². The van der Waals surface area contributed by atoms with Crippen LogP contribution in [-0.4, -0.2) is 30.4 Å². The van der Waals surface area contributed by atoms with Gasteiger partial charge < -0.3 is 19.9 Å². The summed E-state index contributed by atoms with van der Waals surface area (Å²) in [6.45, 7) is 4.66. The molecule has 1 aromatic carbocycles. The highest BCUT2D eigenvalue weighted by Crippen LogP contribution is 2.11. The van der Waals surface area contributed by atoms with Crippen molar-refractivity contribution in [1.82, 2.24) is 15.2 Å². The van der Waals surface area contributed by atoms with Gasteiger partial charge in [0, 0.05) is 37.2 Å². The maximum absolute atomic E-state index is 13.8. The first-order chi connectivity index (χ1) is 11.7. The summed E-state index contributed by atoms with van der Waals surface area (Å²) in [7, 11) is 0. The molecule has 2 aromatic rings. The van der Waals surface area contributed by atoms with Gasteiger partial charge >= 0.3 is 6.03 Å². The predicted molar refractivity (Wildman–Crippen MR) is 91.3 cm³/mol. The average molecular weight is 333 g/mol. The highest BCUT2D eigenvalue weighted by atomic mass is 19.1. The van der Waals surface area contributed by atoms with Crippen molar-refractivity contribution in [3.63, 3.8) is 0 Å². The van der Waals surface area contributed by atoms with E-state index in [9.17, 15) is 9.18 Å². The lowest BCUT2D eigenvalue weighted by Gasteiger charge is -2.12. The second-order valence-electron chi connectivity index (χ2n) is 5.38. The first-order valence-corrected chi connectivity index (χ1v) is 8.17. The van der Waals surface area contributed by atoms with Crippen molar-refractivity contribution in [2.75, 3.05) is 19.8 Å². The second kappa shape index (κ2) is 9.72. The van der Waals surface area contributed by atoms with E-state index in [2.05, 4.69) is 10.6 Å². The van der Waals surface area contributed by atoms with Gasteiger partial charge in [-0.2, -0.15) is 0 Å². The van der Waals surface area contributed by atoms with Crippen LogP contribution < -0.4 is 10.6 Å². The number of ether oxygens (including phenoxy) is 1. The van der Waals surface area contributed by atoms with Crippen LogP contribution in [0.25, 0.3) is 0 Å². The van der Waals surface area contributed by atoms with Gasteiger partial charge in [0.1, 0.15) is 5.82 Å². The third-order valence-corrected chi connectivity index (χ3v) is 3.61. The van der Waals surface area contributed by atoms with Crippen LogP contribution >= 0.6 is 0 Å².